The van der Waals surface area contributed by atoms with E-state index >= 15 is 0 Å². The van der Waals surface area contributed by atoms with Crippen LogP contribution in [0.5, 0.6) is 0 Å². The first kappa shape index (κ1) is 16.3. The molecule has 112 valence electrons. The lowest BCUT2D eigenvalue weighted by molar-refractivity contribution is -0.384. The Balaban J connectivity index is 3.16. The van der Waals surface area contributed by atoms with Crippen molar-refractivity contribution in [3.8, 4) is 0 Å². The summed E-state index contributed by atoms with van der Waals surface area (Å²) in [6, 6.07) is 1.45. The van der Waals surface area contributed by atoms with E-state index in [0.29, 0.717) is 6.07 Å². The third-order valence-corrected chi connectivity index (χ3v) is 5.12. The predicted molar refractivity (Wildman–Crippen MR) is 70.4 cm³/mol. The van der Waals surface area contributed by atoms with E-state index < -0.39 is 42.5 Å². The highest BCUT2D eigenvalue weighted by Gasteiger charge is 2.31. The van der Waals surface area contributed by atoms with Gasteiger partial charge in [0, 0.05) is 18.9 Å². The number of nitro benzene ring substituents is 1. The highest BCUT2D eigenvalue weighted by molar-refractivity contribution is 7.92. The van der Waals surface area contributed by atoms with E-state index in [4.69, 9.17) is 0 Å². The molecule has 0 aromatic heterocycles. The van der Waals surface area contributed by atoms with Gasteiger partial charge in [-0.1, -0.05) is 0 Å². The average Bonchev–Trinajstić information content (AvgIpc) is 2.29. The lowest BCUT2D eigenvalue weighted by Gasteiger charge is -2.23. The fourth-order valence-electron chi connectivity index (χ4n) is 1.29. The van der Waals surface area contributed by atoms with Crippen LogP contribution in [-0.4, -0.2) is 30.9 Å². The molecule has 1 aromatic rings. The summed E-state index contributed by atoms with van der Waals surface area (Å²) in [5.74, 6) is -2.67. The van der Waals surface area contributed by atoms with Gasteiger partial charge in [-0.05, 0) is 19.9 Å². The first-order valence-electron chi connectivity index (χ1n) is 5.53. The Morgan fingerprint density at radius 1 is 1.35 bits per heavy atom. The van der Waals surface area contributed by atoms with Crippen molar-refractivity contribution in [2.24, 2.45) is 0 Å². The van der Waals surface area contributed by atoms with Gasteiger partial charge in [0.05, 0.1) is 9.67 Å². The van der Waals surface area contributed by atoms with Gasteiger partial charge in [-0.25, -0.2) is 17.2 Å². The van der Waals surface area contributed by atoms with Crippen molar-refractivity contribution in [2.45, 2.75) is 18.6 Å². The van der Waals surface area contributed by atoms with Gasteiger partial charge in [0.15, 0.2) is 27.2 Å². The molecular formula is C11H14F2N2O4S. The normalized spacial score (nSPS) is 12.2. The second-order valence-corrected chi connectivity index (χ2v) is 7.55. The molecule has 0 saturated carbocycles. The monoisotopic (exact) mass is 308 g/mol. The summed E-state index contributed by atoms with van der Waals surface area (Å²) >= 11 is 0. The Kier molecular flexibility index (Phi) is 4.33. The standard InChI is InChI=1S/C11H14F2N2O4S/c1-11(2,20(3,18)19)6-14-10-8(15(16)17)5-4-7(12)9(10)13/h4-5,14H,6H2,1-3H3. The first-order chi connectivity index (χ1) is 8.97. The Hall–Kier alpha value is -1.77. The third kappa shape index (κ3) is 3.21. The summed E-state index contributed by atoms with van der Waals surface area (Å²) in [4.78, 5) is 9.89. The van der Waals surface area contributed by atoms with Gasteiger partial charge in [0.2, 0.25) is 0 Å². The van der Waals surface area contributed by atoms with Crippen LogP contribution in [0.4, 0.5) is 20.2 Å². The molecule has 6 nitrogen and oxygen atoms in total. The SMILES string of the molecule is CC(C)(CNc1c([N+](=O)[O-])ccc(F)c1F)S(C)(=O)=O. The minimum Gasteiger partial charge on any atom is -0.375 e. The maximum atomic E-state index is 13.6. The topological polar surface area (TPSA) is 89.3 Å². The fourth-order valence-corrected chi connectivity index (χ4v) is 1.63. The number of anilines is 1. The lowest BCUT2D eigenvalue weighted by Crippen LogP contribution is -2.38. The Morgan fingerprint density at radius 2 is 1.90 bits per heavy atom. The fraction of sp³-hybridized carbons (Fsp3) is 0.455. The smallest absolute Gasteiger partial charge is 0.295 e. The van der Waals surface area contributed by atoms with Gasteiger partial charge in [-0.2, -0.15) is 0 Å². The highest BCUT2D eigenvalue weighted by Crippen LogP contribution is 2.30. The molecule has 0 aliphatic rings. The van der Waals surface area contributed by atoms with Crippen LogP contribution in [0.1, 0.15) is 13.8 Å². The van der Waals surface area contributed by atoms with Crippen LogP contribution in [0.15, 0.2) is 12.1 Å². The molecule has 0 heterocycles. The number of hydrogen-bond donors (Lipinski definition) is 1. The van der Waals surface area contributed by atoms with E-state index in [2.05, 4.69) is 5.32 Å². The van der Waals surface area contributed by atoms with E-state index in [-0.39, 0.29) is 6.54 Å². The highest BCUT2D eigenvalue weighted by atomic mass is 32.2. The second kappa shape index (κ2) is 5.31. The van der Waals surface area contributed by atoms with E-state index in [0.717, 1.165) is 12.3 Å². The molecule has 20 heavy (non-hydrogen) atoms. The first-order valence-corrected chi connectivity index (χ1v) is 7.42. The van der Waals surface area contributed by atoms with Crippen molar-refractivity contribution in [1.29, 1.82) is 0 Å². The summed E-state index contributed by atoms with van der Waals surface area (Å²) in [7, 11) is -3.48. The van der Waals surface area contributed by atoms with Crippen LogP contribution in [0.25, 0.3) is 0 Å². The van der Waals surface area contributed by atoms with Gasteiger partial charge in [0.25, 0.3) is 5.69 Å². The van der Waals surface area contributed by atoms with Crippen LogP contribution in [0.2, 0.25) is 0 Å². The van der Waals surface area contributed by atoms with Gasteiger partial charge in [-0.15, -0.1) is 0 Å². The van der Waals surface area contributed by atoms with Crippen molar-refractivity contribution in [1.82, 2.24) is 0 Å². The summed E-state index contributed by atoms with van der Waals surface area (Å²) in [5, 5.41) is 13.1. The second-order valence-electron chi connectivity index (χ2n) is 4.90. The number of halogens is 2. The number of nitro groups is 1. The molecule has 0 bridgehead atoms. The molecule has 0 unspecified atom stereocenters. The van der Waals surface area contributed by atoms with Crippen molar-refractivity contribution in [2.75, 3.05) is 18.1 Å². The van der Waals surface area contributed by atoms with Crippen LogP contribution in [0.3, 0.4) is 0 Å². The van der Waals surface area contributed by atoms with Crippen molar-refractivity contribution >= 4 is 21.2 Å². The molecule has 0 fully saturated rings. The summed E-state index contributed by atoms with van der Waals surface area (Å²) in [6.07, 6.45) is 0.991. The zero-order valence-electron chi connectivity index (χ0n) is 11.1. The van der Waals surface area contributed by atoms with Crippen molar-refractivity contribution in [3.63, 3.8) is 0 Å². The van der Waals surface area contributed by atoms with Crippen LogP contribution in [-0.2, 0) is 9.84 Å². The average molecular weight is 308 g/mol. The number of rotatable bonds is 5. The van der Waals surface area contributed by atoms with Crippen LogP contribution in [0, 0.1) is 21.7 Å². The lowest BCUT2D eigenvalue weighted by atomic mass is 10.2. The third-order valence-electron chi connectivity index (χ3n) is 2.96. The molecule has 0 radical (unpaired) electrons. The summed E-state index contributed by atoms with van der Waals surface area (Å²) in [5.41, 5.74) is -1.32. The quantitative estimate of drug-likeness (QED) is 0.664. The van der Waals surface area contributed by atoms with E-state index in [1.807, 2.05) is 0 Å². The Bertz CT molecular complexity index is 644. The number of sulfone groups is 1. The number of hydrogen-bond acceptors (Lipinski definition) is 5. The van der Waals surface area contributed by atoms with Gasteiger partial charge >= 0.3 is 0 Å². The molecule has 1 rings (SSSR count). The van der Waals surface area contributed by atoms with Crippen molar-refractivity contribution in [3.05, 3.63) is 33.9 Å². The molecule has 0 saturated heterocycles. The maximum Gasteiger partial charge on any atom is 0.295 e. The summed E-state index contributed by atoms with van der Waals surface area (Å²) in [6.45, 7) is 2.45. The van der Waals surface area contributed by atoms with Gasteiger partial charge in [-0.3, -0.25) is 10.1 Å². The molecule has 0 aliphatic carbocycles. The van der Waals surface area contributed by atoms with Crippen LogP contribution >= 0.6 is 0 Å². The van der Waals surface area contributed by atoms with E-state index in [1.54, 1.807) is 0 Å². The zero-order chi connectivity index (χ0) is 15.7. The van der Waals surface area contributed by atoms with Gasteiger partial charge in [0.1, 0.15) is 0 Å². The molecule has 0 atom stereocenters. The maximum absolute atomic E-state index is 13.6. The number of nitrogens with one attached hydrogen (secondary N) is 1. The van der Waals surface area contributed by atoms with E-state index in [9.17, 15) is 27.3 Å². The number of benzene rings is 1. The Morgan fingerprint density at radius 3 is 2.35 bits per heavy atom. The molecule has 1 N–H and O–H groups in total. The largest absolute Gasteiger partial charge is 0.375 e. The van der Waals surface area contributed by atoms with Crippen molar-refractivity contribution < 1.29 is 22.1 Å². The molecule has 0 aliphatic heterocycles. The minimum atomic E-state index is -3.48. The minimum absolute atomic E-state index is 0.299. The molecule has 0 spiro atoms. The number of nitrogens with zero attached hydrogens (tertiary/aromatic N) is 1. The summed E-state index contributed by atoms with van der Waals surface area (Å²) < 4.78 is 48.4. The van der Waals surface area contributed by atoms with Gasteiger partial charge < -0.3 is 5.32 Å². The van der Waals surface area contributed by atoms with Crippen LogP contribution < -0.4 is 5.32 Å². The van der Waals surface area contributed by atoms with E-state index in [1.165, 1.54) is 13.8 Å². The molecule has 9 heteroatoms. The molecular weight excluding hydrogens is 294 g/mol. The molecule has 1 aromatic carbocycles. The molecule has 0 amide bonds. The zero-order valence-corrected chi connectivity index (χ0v) is 11.9. The predicted octanol–water partition coefficient (Wildman–Crippen LogP) is 2.11. The Labute approximate surface area is 114 Å².